The van der Waals surface area contributed by atoms with Crippen LogP contribution in [0, 0.1) is 6.92 Å². The van der Waals surface area contributed by atoms with Crippen molar-refractivity contribution < 1.29 is 9.90 Å². The third kappa shape index (κ3) is 2.96. The Morgan fingerprint density at radius 3 is 2.82 bits per heavy atom. The SMILES string of the molecule is Cc1nc2ncc(C(=O)Nc3ccc(CCO)cc3)cc2[nH]1. The van der Waals surface area contributed by atoms with E-state index in [1.54, 1.807) is 6.07 Å². The number of aliphatic hydroxyl groups is 1. The number of H-pyrrole nitrogens is 1. The monoisotopic (exact) mass is 296 g/mol. The summed E-state index contributed by atoms with van der Waals surface area (Å²) in [6, 6.07) is 9.12. The fraction of sp³-hybridized carbons (Fsp3) is 0.188. The van der Waals surface area contributed by atoms with Gasteiger partial charge >= 0.3 is 0 Å². The number of aryl methyl sites for hydroxylation is 1. The summed E-state index contributed by atoms with van der Waals surface area (Å²) in [6.07, 6.45) is 2.12. The van der Waals surface area contributed by atoms with E-state index in [9.17, 15) is 4.79 Å². The molecular weight excluding hydrogens is 280 g/mol. The number of rotatable bonds is 4. The number of aliphatic hydroxyl groups excluding tert-OH is 1. The van der Waals surface area contributed by atoms with Gasteiger partial charge in [0.2, 0.25) is 0 Å². The van der Waals surface area contributed by atoms with Crippen LogP contribution in [-0.4, -0.2) is 32.6 Å². The molecule has 0 fully saturated rings. The van der Waals surface area contributed by atoms with Crippen LogP contribution >= 0.6 is 0 Å². The molecule has 0 aliphatic rings. The van der Waals surface area contributed by atoms with Gasteiger partial charge in [0.1, 0.15) is 5.82 Å². The molecule has 3 N–H and O–H groups in total. The molecule has 3 aromatic rings. The molecule has 0 saturated heterocycles. The van der Waals surface area contributed by atoms with Crippen LogP contribution in [0.25, 0.3) is 11.2 Å². The number of hydrogen-bond donors (Lipinski definition) is 3. The van der Waals surface area contributed by atoms with E-state index in [-0.39, 0.29) is 12.5 Å². The van der Waals surface area contributed by atoms with E-state index in [2.05, 4.69) is 20.3 Å². The van der Waals surface area contributed by atoms with E-state index < -0.39 is 0 Å². The molecule has 0 unspecified atom stereocenters. The second-order valence-electron chi connectivity index (χ2n) is 5.04. The van der Waals surface area contributed by atoms with E-state index in [0.29, 0.717) is 23.3 Å². The number of carbonyl (C=O) groups excluding carboxylic acids is 1. The maximum absolute atomic E-state index is 12.2. The van der Waals surface area contributed by atoms with E-state index in [4.69, 9.17) is 5.11 Å². The minimum Gasteiger partial charge on any atom is -0.396 e. The lowest BCUT2D eigenvalue weighted by Gasteiger charge is -2.06. The molecular formula is C16H16N4O2. The highest BCUT2D eigenvalue weighted by atomic mass is 16.2. The lowest BCUT2D eigenvalue weighted by Crippen LogP contribution is -2.12. The fourth-order valence-electron chi connectivity index (χ4n) is 2.23. The van der Waals surface area contributed by atoms with Crippen LogP contribution < -0.4 is 5.32 Å². The summed E-state index contributed by atoms with van der Waals surface area (Å²) in [5.41, 5.74) is 3.53. The molecule has 1 amide bonds. The van der Waals surface area contributed by atoms with Gasteiger partial charge in [-0.25, -0.2) is 9.97 Å². The zero-order valence-corrected chi connectivity index (χ0v) is 12.1. The molecule has 22 heavy (non-hydrogen) atoms. The van der Waals surface area contributed by atoms with E-state index in [1.165, 1.54) is 6.20 Å². The van der Waals surface area contributed by atoms with Crippen molar-refractivity contribution in [1.82, 2.24) is 15.0 Å². The maximum atomic E-state index is 12.2. The minimum absolute atomic E-state index is 0.112. The van der Waals surface area contributed by atoms with Crippen molar-refractivity contribution in [3.63, 3.8) is 0 Å². The molecule has 6 nitrogen and oxygen atoms in total. The number of fused-ring (bicyclic) bond motifs is 1. The van der Waals surface area contributed by atoms with Crippen molar-refractivity contribution in [2.75, 3.05) is 11.9 Å². The molecule has 1 aromatic carbocycles. The average Bonchev–Trinajstić information content (AvgIpc) is 2.88. The highest BCUT2D eigenvalue weighted by Gasteiger charge is 2.09. The van der Waals surface area contributed by atoms with Gasteiger partial charge in [-0.3, -0.25) is 4.79 Å². The smallest absolute Gasteiger partial charge is 0.257 e. The summed E-state index contributed by atoms with van der Waals surface area (Å²) in [5.74, 6) is 0.538. The van der Waals surface area contributed by atoms with E-state index >= 15 is 0 Å². The summed E-state index contributed by atoms with van der Waals surface area (Å²) in [4.78, 5) is 23.7. The second kappa shape index (κ2) is 5.95. The molecule has 2 aromatic heterocycles. The first-order valence-electron chi connectivity index (χ1n) is 6.99. The number of imidazole rings is 1. The molecule has 0 bridgehead atoms. The van der Waals surface area contributed by atoms with Gasteiger partial charge in [0.05, 0.1) is 11.1 Å². The summed E-state index contributed by atoms with van der Waals surface area (Å²) in [7, 11) is 0. The summed E-state index contributed by atoms with van der Waals surface area (Å²) in [5, 5.41) is 11.7. The minimum atomic E-state index is -0.225. The molecule has 3 rings (SSSR count). The molecule has 0 aliphatic heterocycles. The van der Waals surface area contributed by atoms with Crippen LogP contribution in [-0.2, 0) is 6.42 Å². The Balaban J connectivity index is 1.77. The molecule has 0 atom stereocenters. The number of pyridine rings is 1. The van der Waals surface area contributed by atoms with Gasteiger partial charge in [-0.1, -0.05) is 12.1 Å². The van der Waals surface area contributed by atoms with Gasteiger partial charge in [-0.15, -0.1) is 0 Å². The lowest BCUT2D eigenvalue weighted by molar-refractivity contribution is 0.102. The summed E-state index contributed by atoms with van der Waals surface area (Å²) in [6.45, 7) is 1.95. The molecule has 0 aliphatic carbocycles. The van der Waals surface area contributed by atoms with Crippen LogP contribution in [0.4, 0.5) is 5.69 Å². The molecule has 0 radical (unpaired) electrons. The predicted molar refractivity (Wildman–Crippen MR) is 83.8 cm³/mol. The normalized spacial score (nSPS) is 10.8. The van der Waals surface area contributed by atoms with Crippen molar-refractivity contribution in [2.24, 2.45) is 0 Å². The third-order valence-electron chi connectivity index (χ3n) is 3.33. The highest BCUT2D eigenvalue weighted by molar-refractivity contribution is 6.05. The second-order valence-corrected chi connectivity index (χ2v) is 5.04. The first-order valence-corrected chi connectivity index (χ1v) is 6.99. The Labute approximate surface area is 127 Å². The Kier molecular flexibility index (Phi) is 3.84. The first-order chi connectivity index (χ1) is 10.7. The van der Waals surface area contributed by atoms with Crippen molar-refractivity contribution in [2.45, 2.75) is 13.3 Å². The van der Waals surface area contributed by atoms with Crippen LogP contribution in [0.15, 0.2) is 36.5 Å². The molecule has 0 spiro atoms. The maximum Gasteiger partial charge on any atom is 0.257 e. The topological polar surface area (TPSA) is 90.9 Å². The van der Waals surface area contributed by atoms with Crippen LogP contribution in [0.5, 0.6) is 0 Å². The van der Waals surface area contributed by atoms with Crippen LogP contribution in [0.1, 0.15) is 21.7 Å². The Morgan fingerprint density at radius 2 is 2.09 bits per heavy atom. The number of nitrogens with zero attached hydrogens (tertiary/aromatic N) is 2. The van der Waals surface area contributed by atoms with E-state index in [0.717, 1.165) is 16.9 Å². The number of aromatic amines is 1. The Bertz CT molecular complexity index is 809. The summed E-state index contributed by atoms with van der Waals surface area (Å²) < 4.78 is 0. The number of carbonyl (C=O) groups is 1. The third-order valence-corrected chi connectivity index (χ3v) is 3.33. The van der Waals surface area contributed by atoms with Crippen LogP contribution in [0.3, 0.4) is 0 Å². The number of aromatic nitrogens is 3. The molecule has 6 heteroatoms. The highest BCUT2D eigenvalue weighted by Crippen LogP contribution is 2.14. The zero-order valence-electron chi connectivity index (χ0n) is 12.1. The lowest BCUT2D eigenvalue weighted by atomic mass is 10.1. The Morgan fingerprint density at radius 1 is 1.32 bits per heavy atom. The van der Waals surface area contributed by atoms with Gasteiger partial charge in [0.15, 0.2) is 5.65 Å². The van der Waals surface area contributed by atoms with Gasteiger partial charge in [0.25, 0.3) is 5.91 Å². The number of hydrogen-bond acceptors (Lipinski definition) is 4. The van der Waals surface area contributed by atoms with Crippen molar-refractivity contribution in [3.8, 4) is 0 Å². The molecule has 0 saturated carbocycles. The van der Waals surface area contributed by atoms with Crippen LogP contribution in [0.2, 0.25) is 0 Å². The zero-order chi connectivity index (χ0) is 15.5. The van der Waals surface area contributed by atoms with Crippen molar-refractivity contribution in [3.05, 3.63) is 53.5 Å². The van der Waals surface area contributed by atoms with Crippen molar-refractivity contribution >= 4 is 22.8 Å². The van der Waals surface area contributed by atoms with Gasteiger partial charge in [-0.2, -0.15) is 0 Å². The first kappa shape index (κ1) is 14.2. The average molecular weight is 296 g/mol. The Hall–Kier alpha value is -2.73. The van der Waals surface area contributed by atoms with E-state index in [1.807, 2.05) is 31.2 Å². The standard InChI is InChI=1S/C16H16N4O2/c1-10-18-14-8-12(9-17-15(14)19-10)16(22)20-13-4-2-11(3-5-13)6-7-21/h2-5,8-9,21H,6-7H2,1H3,(H,20,22)(H,17,18,19). The van der Waals surface area contributed by atoms with Gasteiger partial charge < -0.3 is 15.4 Å². The van der Waals surface area contributed by atoms with Gasteiger partial charge in [-0.05, 0) is 37.1 Å². The van der Waals surface area contributed by atoms with Gasteiger partial charge in [0, 0.05) is 18.5 Å². The summed E-state index contributed by atoms with van der Waals surface area (Å²) >= 11 is 0. The molecule has 2 heterocycles. The predicted octanol–water partition coefficient (Wildman–Crippen LogP) is 2.05. The quantitative estimate of drug-likeness (QED) is 0.687. The fourth-order valence-corrected chi connectivity index (χ4v) is 2.23. The number of nitrogens with one attached hydrogen (secondary N) is 2. The number of amides is 1. The largest absolute Gasteiger partial charge is 0.396 e. The number of anilines is 1. The van der Waals surface area contributed by atoms with Crippen molar-refractivity contribution in [1.29, 1.82) is 0 Å². The number of benzene rings is 1. The molecule has 112 valence electrons.